The van der Waals surface area contributed by atoms with Gasteiger partial charge in [0.05, 0.1) is 32.4 Å². The summed E-state index contributed by atoms with van der Waals surface area (Å²) in [5, 5.41) is 15.3. The molecule has 2 N–H and O–H groups in total. The predicted molar refractivity (Wildman–Crippen MR) is 102 cm³/mol. The van der Waals surface area contributed by atoms with Crippen molar-refractivity contribution in [1.82, 2.24) is 10.6 Å². The van der Waals surface area contributed by atoms with E-state index < -0.39 is 0 Å². The topological polar surface area (TPSA) is 78.7 Å². The molecule has 7 heteroatoms. The fourth-order valence-electron chi connectivity index (χ4n) is 2.45. The third-order valence-corrected chi connectivity index (χ3v) is 3.87. The Labute approximate surface area is 158 Å². The van der Waals surface area contributed by atoms with E-state index in [2.05, 4.69) is 15.6 Å². The number of hydrogen-bond acceptors (Lipinski definition) is 4. The number of nitriles is 1. The number of nitrogens with one attached hydrogen (secondary N) is 2. The van der Waals surface area contributed by atoms with Crippen molar-refractivity contribution in [1.29, 1.82) is 5.26 Å². The Morgan fingerprint density at radius 3 is 2.59 bits per heavy atom. The Balaban J connectivity index is 2.12. The molecule has 2 aromatic carbocycles. The molecule has 0 aromatic heterocycles. The van der Waals surface area contributed by atoms with Crippen LogP contribution in [0.25, 0.3) is 0 Å². The van der Waals surface area contributed by atoms with Gasteiger partial charge in [0.2, 0.25) is 0 Å². The molecule has 0 aliphatic carbocycles. The lowest BCUT2D eigenvalue weighted by Crippen LogP contribution is -2.36. The quantitative estimate of drug-likeness (QED) is 0.579. The highest BCUT2D eigenvalue weighted by molar-refractivity contribution is 5.79. The summed E-state index contributed by atoms with van der Waals surface area (Å²) in [6, 6.07) is 11.8. The van der Waals surface area contributed by atoms with Crippen LogP contribution in [0.4, 0.5) is 4.39 Å². The fourth-order valence-corrected chi connectivity index (χ4v) is 2.45. The molecule has 2 aromatic rings. The number of guanidine groups is 1. The third kappa shape index (κ3) is 5.61. The molecule has 27 heavy (non-hydrogen) atoms. The second-order valence-electron chi connectivity index (χ2n) is 5.64. The fraction of sp³-hybridized carbons (Fsp3) is 0.300. The van der Waals surface area contributed by atoms with Crippen molar-refractivity contribution >= 4 is 5.96 Å². The van der Waals surface area contributed by atoms with Crippen molar-refractivity contribution in [2.24, 2.45) is 4.99 Å². The first-order valence-electron chi connectivity index (χ1n) is 8.52. The average molecular weight is 370 g/mol. The van der Waals surface area contributed by atoms with Gasteiger partial charge in [0.15, 0.2) is 5.96 Å². The van der Waals surface area contributed by atoms with Crippen LogP contribution in [0.15, 0.2) is 41.4 Å². The van der Waals surface area contributed by atoms with Gasteiger partial charge in [-0.2, -0.15) is 5.26 Å². The Morgan fingerprint density at radius 1 is 1.11 bits per heavy atom. The molecule has 0 bridgehead atoms. The highest BCUT2D eigenvalue weighted by atomic mass is 19.1. The molecule has 2 rings (SSSR count). The largest absolute Gasteiger partial charge is 0.497 e. The van der Waals surface area contributed by atoms with Gasteiger partial charge in [0, 0.05) is 30.3 Å². The molecule has 6 nitrogen and oxygen atoms in total. The second kappa shape index (κ2) is 10.0. The first-order valence-corrected chi connectivity index (χ1v) is 8.52. The summed E-state index contributed by atoms with van der Waals surface area (Å²) in [5.41, 5.74) is 1.71. The summed E-state index contributed by atoms with van der Waals surface area (Å²) in [5.74, 6) is 1.57. The second-order valence-corrected chi connectivity index (χ2v) is 5.64. The Bertz CT molecular complexity index is 846. The molecule has 0 heterocycles. The summed E-state index contributed by atoms with van der Waals surface area (Å²) in [4.78, 5) is 4.40. The first kappa shape index (κ1) is 20.0. The molecule has 0 unspecified atom stereocenters. The third-order valence-electron chi connectivity index (χ3n) is 3.87. The number of rotatable bonds is 7. The zero-order chi connectivity index (χ0) is 19.6. The van der Waals surface area contributed by atoms with E-state index in [9.17, 15) is 4.39 Å². The van der Waals surface area contributed by atoms with E-state index in [0.29, 0.717) is 41.7 Å². The number of halogens is 1. The van der Waals surface area contributed by atoms with Crippen molar-refractivity contribution in [2.45, 2.75) is 20.0 Å². The SMILES string of the molecule is CCNC(=NCc1cc(C#N)ccc1F)NCc1ccc(OC)cc1OC. The zero-order valence-electron chi connectivity index (χ0n) is 15.7. The van der Waals surface area contributed by atoms with E-state index >= 15 is 0 Å². The molecule has 0 saturated carbocycles. The maximum absolute atomic E-state index is 13.9. The molecule has 0 saturated heterocycles. The summed E-state index contributed by atoms with van der Waals surface area (Å²) in [7, 11) is 3.20. The van der Waals surface area contributed by atoms with Crippen molar-refractivity contribution in [2.75, 3.05) is 20.8 Å². The molecular weight excluding hydrogens is 347 g/mol. The lowest BCUT2D eigenvalue weighted by atomic mass is 10.1. The van der Waals surface area contributed by atoms with Crippen molar-refractivity contribution in [3.05, 3.63) is 58.9 Å². The van der Waals surface area contributed by atoms with E-state index in [-0.39, 0.29) is 12.4 Å². The normalized spacial score (nSPS) is 10.9. The van der Waals surface area contributed by atoms with Crippen LogP contribution in [0.5, 0.6) is 11.5 Å². The molecule has 0 aliphatic rings. The van der Waals surface area contributed by atoms with Gasteiger partial charge in [-0.25, -0.2) is 9.38 Å². The minimum absolute atomic E-state index is 0.121. The standard InChI is InChI=1S/C20H23FN4O2/c1-4-23-20(25-13-16-9-14(11-22)5-8-18(16)21)24-12-15-6-7-17(26-2)10-19(15)27-3/h5-10H,4,12-13H2,1-3H3,(H2,23,24,25). The number of aliphatic imine (C=N–C) groups is 1. The number of methoxy groups -OCH3 is 2. The lowest BCUT2D eigenvalue weighted by molar-refractivity contribution is 0.390. The molecule has 0 atom stereocenters. The summed E-state index contributed by atoms with van der Waals surface area (Å²) >= 11 is 0. The summed E-state index contributed by atoms with van der Waals surface area (Å²) in [6.07, 6.45) is 0. The molecule has 0 amide bonds. The monoisotopic (exact) mass is 370 g/mol. The van der Waals surface area contributed by atoms with E-state index in [0.717, 1.165) is 5.56 Å². The van der Waals surface area contributed by atoms with Gasteiger partial charge < -0.3 is 20.1 Å². The molecule has 0 radical (unpaired) electrons. The highest BCUT2D eigenvalue weighted by Crippen LogP contribution is 2.24. The van der Waals surface area contributed by atoms with E-state index in [1.807, 2.05) is 31.2 Å². The van der Waals surface area contributed by atoms with Crippen LogP contribution >= 0.6 is 0 Å². The van der Waals surface area contributed by atoms with Gasteiger partial charge in [-0.1, -0.05) is 0 Å². The first-order chi connectivity index (χ1) is 13.1. The van der Waals surface area contributed by atoms with Crippen LogP contribution in [0.1, 0.15) is 23.6 Å². The van der Waals surface area contributed by atoms with Gasteiger partial charge in [-0.15, -0.1) is 0 Å². The van der Waals surface area contributed by atoms with Crippen LogP contribution in [0.2, 0.25) is 0 Å². The number of hydrogen-bond donors (Lipinski definition) is 2. The smallest absolute Gasteiger partial charge is 0.191 e. The minimum atomic E-state index is -0.384. The van der Waals surface area contributed by atoms with Gasteiger partial charge in [0.1, 0.15) is 17.3 Å². The van der Waals surface area contributed by atoms with Crippen molar-refractivity contribution < 1.29 is 13.9 Å². The van der Waals surface area contributed by atoms with Gasteiger partial charge in [-0.3, -0.25) is 0 Å². The van der Waals surface area contributed by atoms with Crippen LogP contribution in [-0.4, -0.2) is 26.7 Å². The van der Waals surface area contributed by atoms with E-state index in [1.54, 1.807) is 14.2 Å². The Kier molecular flexibility index (Phi) is 7.44. The van der Waals surface area contributed by atoms with Crippen LogP contribution in [0, 0.1) is 17.1 Å². The number of ether oxygens (including phenoxy) is 2. The molecule has 0 fully saturated rings. The van der Waals surface area contributed by atoms with Gasteiger partial charge >= 0.3 is 0 Å². The lowest BCUT2D eigenvalue weighted by Gasteiger charge is -2.14. The Morgan fingerprint density at radius 2 is 1.93 bits per heavy atom. The van der Waals surface area contributed by atoms with Gasteiger partial charge in [-0.05, 0) is 37.3 Å². The van der Waals surface area contributed by atoms with Crippen LogP contribution < -0.4 is 20.1 Å². The summed E-state index contributed by atoms with van der Waals surface area (Å²) < 4.78 is 24.5. The van der Waals surface area contributed by atoms with E-state index in [1.165, 1.54) is 18.2 Å². The molecule has 142 valence electrons. The average Bonchev–Trinajstić information content (AvgIpc) is 2.70. The number of benzene rings is 2. The van der Waals surface area contributed by atoms with E-state index in [4.69, 9.17) is 14.7 Å². The van der Waals surface area contributed by atoms with Gasteiger partial charge in [0.25, 0.3) is 0 Å². The Hall–Kier alpha value is -3.27. The molecule has 0 aliphatic heterocycles. The minimum Gasteiger partial charge on any atom is -0.497 e. The number of nitrogens with zero attached hydrogens (tertiary/aromatic N) is 2. The zero-order valence-corrected chi connectivity index (χ0v) is 15.7. The highest BCUT2D eigenvalue weighted by Gasteiger charge is 2.07. The summed E-state index contributed by atoms with van der Waals surface area (Å²) in [6.45, 7) is 3.20. The maximum atomic E-state index is 13.9. The molecule has 0 spiro atoms. The van der Waals surface area contributed by atoms with Crippen molar-refractivity contribution in [3.63, 3.8) is 0 Å². The molecular formula is C20H23FN4O2. The van der Waals surface area contributed by atoms with Crippen LogP contribution in [0.3, 0.4) is 0 Å². The predicted octanol–water partition coefficient (Wildman–Crippen LogP) is 2.97. The maximum Gasteiger partial charge on any atom is 0.191 e. The van der Waals surface area contributed by atoms with Crippen molar-refractivity contribution in [3.8, 4) is 17.6 Å². The van der Waals surface area contributed by atoms with Crippen LogP contribution in [-0.2, 0) is 13.1 Å².